The number of hydrogen-bond donors (Lipinski definition) is 0. The summed E-state index contributed by atoms with van der Waals surface area (Å²) in [6.07, 6.45) is 6.09. The standard InChI is InChI=1S/C14H21BrO/c1-2-3-4-5-11-16-14-8-6-7-13(12-14)9-10-15/h6-8,12H,2-5,9-11H2,1H3. The monoisotopic (exact) mass is 284 g/mol. The summed E-state index contributed by atoms with van der Waals surface area (Å²) in [5, 5.41) is 1.01. The lowest BCUT2D eigenvalue weighted by molar-refractivity contribution is 0.305. The lowest BCUT2D eigenvalue weighted by Crippen LogP contribution is -1.98. The first-order valence-electron chi connectivity index (χ1n) is 6.14. The van der Waals surface area contributed by atoms with Gasteiger partial charge in [0.15, 0.2) is 0 Å². The van der Waals surface area contributed by atoms with Crippen LogP contribution in [0.3, 0.4) is 0 Å². The van der Waals surface area contributed by atoms with Crippen molar-refractivity contribution in [3.63, 3.8) is 0 Å². The number of benzene rings is 1. The number of aryl methyl sites for hydroxylation is 1. The van der Waals surface area contributed by atoms with E-state index in [2.05, 4.69) is 41.1 Å². The molecule has 1 rings (SSSR count). The Kier molecular flexibility index (Phi) is 7.32. The Labute approximate surface area is 107 Å². The van der Waals surface area contributed by atoms with Crippen molar-refractivity contribution < 1.29 is 4.74 Å². The first-order valence-corrected chi connectivity index (χ1v) is 7.26. The second kappa shape index (κ2) is 8.63. The topological polar surface area (TPSA) is 9.23 Å². The maximum absolute atomic E-state index is 5.72. The third-order valence-electron chi connectivity index (χ3n) is 2.55. The zero-order chi connectivity index (χ0) is 11.6. The molecule has 0 amide bonds. The van der Waals surface area contributed by atoms with Crippen LogP contribution in [0.15, 0.2) is 24.3 Å². The van der Waals surface area contributed by atoms with Crippen LogP contribution < -0.4 is 4.74 Å². The van der Waals surface area contributed by atoms with E-state index in [1.54, 1.807) is 0 Å². The van der Waals surface area contributed by atoms with Crippen LogP contribution in [0, 0.1) is 0 Å². The summed E-state index contributed by atoms with van der Waals surface area (Å²) in [5.74, 6) is 1.01. The quantitative estimate of drug-likeness (QED) is 0.501. The van der Waals surface area contributed by atoms with Crippen LogP contribution in [-0.2, 0) is 6.42 Å². The second-order valence-corrected chi connectivity index (χ2v) is 4.79. The summed E-state index contributed by atoms with van der Waals surface area (Å²) >= 11 is 3.45. The lowest BCUT2D eigenvalue weighted by Gasteiger charge is -2.07. The molecule has 0 N–H and O–H groups in total. The largest absolute Gasteiger partial charge is 0.494 e. The Morgan fingerprint density at radius 3 is 2.81 bits per heavy atom. The number of unbranched alkanes of at least 4 members (excludes halogenated alkanes) is 3. The SMILES string of the molecule is CCCCCCOc1cccc(CCBr)c1. The van der Waals surface area contributed by atoms with Gasteiger partial charge in [0.05, 0.1) is 6.61 Å². The third-order valence-corrected chi connectivity index (χ3v) is 2.94. The number of hydrogen-bond acceptors (Lipinski definition) is 1. The molecule has 0 aliphatic heterocycles. The van der Waals surface area contributed by atoms with Gasteiger partial charge < -0.3 is 4.74 Å². The van der Waals surface area contributed by atoms with Gasteiger partial charge in [0.1, 0.15) is 5.75 Å². The summed E-state index contributed by atoms with van der Waals surface area (Å²) in [6, 6.07) is 8.39. The summed E-state index contributed by atoms with van der Waals surface area (Å²) in [4.78, 5) is 0. The molecule has 0 saturated carbocycles. The van der Waals surface area contributed by atoms with Crippen molar-refractivity contribution in [3.05, 3.63) is 29.8 Å². The number of rotatable bonds is 8. The normalized spacial score (nSPS) is 10.4. The minimum absolute atomic E-state index is 0.845. The molecule has 0 saturated heterocycles. The molecule has 0 fully saturated rings. The molecule has 0 spiro atoms. The van der Waals surface area contributed by atoms with Crippen molar-refractivity contribution in [2.24, 2.45) is 0 Å². The van der Waals surface area contributed by atoms with E-state index >= 15 is 0 Å². The predicted molar refractivity (Wildman–Crippen MR) is 73.6 cm³/mol. The average molecular weight is 285 g/mol. The van der Waals surface area contributed by atoms with Gasteiger partial charge in [-0.1, -0.05) is 54.2 Å². The van der Waals surface area contributed by atoms with Gasteiger partial charge >= 0.3 is 0 Å². The Balaban J connectivity index is 2.27. The molecule has 2 heteroatoms. The molecule has 1 aromatic carbocycles. The van der Waals surface area contributed by atoms with Crippen LogP contribution in [0.4, 0.5) is 0 Å². The molecule has 0 unspecified atom stereocenters. The van der Waals surface area contributed by atoms with E-state index in [1.807, 2.05) is 6.07 Å². The highest BCUT2D eigenvalue weighted by molar-refractivity contribution is 9.09. The molecule has 0 aliphatic rings. The third kappa shape index (κ3) is 5.55. The molecular weight excluding hydrogens is 264 g/mol. The maximum Gasteiger partial charge on any atom is 0.119 e. The Morgan fingerprint density at radius 2 is 2.06 bits per heavy atom. The van der Waals surface area contributed by atoms with E-state index in [-0.39, 0.29) is 0 Å². The van der Waals surface area contributed by atoms with Crippen molar-refractivity contribution in [1.82, 2.24) is 0 Å². The zero-order valence-electron chi connectivity index (χ0n) is 10.0. The van der Waals surface area contributed by atoms with Gasteiger partial charge in [-0.15, -0.1) is 0 Å². The van der Waals surface area contributed by atoms with Crippen molar-refractivity contribution >= 4 is 15.9 Å². The molecule has 0 aliphatic carbocycles. The van der Waals surface area contributed by atoms with E-state index in [4.69, 9.17) is 4.74 Å². The van der Waals surface area contributed by atoms with Crippen LogP contribution in [0.5, 0.6) is 5.75 Å². The summed E-state index contributed by atoms with van der Waals surface area (Å²) in [7, 11) is 0. The predicted octanol–water partition coefficient (Wildman–Crippen LogP) is 4.58. The molecule has 0 bridgehead atoms. The fraction of sp³-hybridized carbons (Fsp3) is 0.571. The molecular formula is C14H21BrO. The fourth-order valence-electron chi connectivity index (χ4n) is 1.62. The smallest absolute Gasteiger partial charge is 0.119 e. The molecule has 1 aromatic rings. The van der Waals surface area contributed by atoms with E-state index < -0.39 is 0 Å². The van der Waals surface area contributed by atoms with Crippen molar-refractivity contribution in [1.29, 1.82) is 0 Å². The molecule has 0 aromatic heterocycles. The highest BCUT2D eigenvalue weighted by Crippen LogP contribution is 2.15. The minimum atomic E-state index is 0.845. The minimum Gasteiger partial charge on any atom is -0.494 e. The van der Waals surface area contributed by atoms with Crippen LogP contribution in [0.25, 0.3) is 0 Å². The Morgan fingerprint density at radius 1 is 1.19 bits per heavy atom. The number of ether oxygens (including phenoxy) is 1. The van der Waals surface area contributed by atoms with Crippen LogP contribution >= 0.6 is 15.9 Å². The van der Waals surface area contributed by atoms with Crippen LogP contribution in [0.1, 0.15) is 38.2 Å². The van der Waals surface area contributed by atoms with Gasteiger partial charge in [-0.05, 0) is 30.5 Å². The lowest BCUT2D eigenvalue weighted by atomic mass is 10.2. The van der Waals surface area contributed by atoms with E-state index in [0.717, 1.165) is 30.5 Å². The van der Waals surface area contributed by atoms with E-state index in [0.29, 0.717) is 0 Å². The fourth-order valence-corrected chi connectivity index (χ4v) is 2.08. The van der Waals surface area contributed by atoms with Crippen molar-refractivity contribution in [2.75, 3.05) is 11.9 Å². The molecule has 16 heavy (non-hydrogen) atoms. The average Bonchev–Trinajstić information content (AvgIpc) is 2.30. The molecule has 1 nitrogen and oxygen atoms in total. The summed E-state index contributed by atoms with van der Waals surface area (Å²) in [5.41, 5.74) is 1.34. The first-order chi connectivity index (χ1) is 7.86. The van der Waals surface area contributed by atoms with E-state index in [9.17, 15) is 0 Å². The van der Waals surface area contributed by atoms with Crippen molar-refractivity contribution in [3.8, 4) is 5.75 Å². The highest BCUT2D eigenvalue weighted by Gasteiger charge is 1.96. The van der Waals surface area contributed by atoms with Crippen molar-refractivity contribution in [2.45, 2.75) is 39.0 Å². The van der Waals surface area contributed by atoms with Gasteiger partial charge in [0, 0.05) is 5.33 Å². The van der Waals surface area contributed by atoms with Gasteiger partial charge in [-0.3, -0.25) is 0 Å². The van der Waals surface area contributed by atoms with Gasteiger partial charge in [-0.25, -0.2) is 0 Å². The molecule has 0 radical (unpaired) electrons. The van der Waals surface area contributed by atoms with Gasteiger partial charge in [-0.2, -0.15) is 0 Å². The zero-order valence-corrected chi connectivity index (χ0v) is 11.6. The second-order valence-electron chi connectivity index (χ2n) is 4.00. The molecule has 0 atom stereocenters. The van der Waals surface area contributed by atoms with E-state index in [1.165, 1.54) is 24.8 Å². The van der Waals surface area contributed by atoms with Crippen LogP contribution in [-0.4, -0.2) is 11.9 Å². The maximum atomic E-state index is 5.72. The number of halogens is 1. The Hall–Kier alpha value is -0.500. The van der Waals surface area contributed by atoms with Gasteiger partial charge in [0.2, 0.25) is 0 Å². The Bertz CT molecular complexity index is 286. The number of alkyl halides is 1. The molecule has 90 valence electrons. The van der Waals surface area contributed by atoms with Crippen LogP contribution in [0.2, 0.25) is 0 Å². The molecule has 0 heterocycles. The summed E-state index contributed by atoms with van der Waals surface area (Å²) < 4.78 is 5.72. The van der Waals surface area contributed by atoms with Gasteiger partial charge in [0.25, 0.3) is 0 Å². The highest BCUT2D eigenvalue weighted by atomic mass is 79.9. The first kappa shape index (κ1) is 13.6. The summed E-state index contributed by atoms with van der Waals surface area (Å²) in [6.45, 7) is 3.07.